The molecule has 0 radical (unpaired) electrons. The number of carbonyl (C=O) groups is 1. The number of rotatable bonds is 6. The zero-order valence-corrected chi connectivity index (χ0v) is 17.4. The SMILES string of the molecule is CN(C)CCN(C(=O)Cc1ccccc1Cl)c1nc2ccc(F)cc2s1.Cl. The van der Waals surface area contributed by atoms with Gasteiger partial charge in [-0.2, -0.15) is 0 Å². The van der Waals surface area contributed by atoms with E-state index in [2.05, 4.69) is 4.98 Å². The van der Waals surface area contributed by atoms with Gasteiger partial charge in [0.1, 0.15) is 5.82 Å². The number of anilines is 1. The fraction of sp³-hybridized carbons (Fsp3) is 0.263. The summed E-state index contributed by atoms with van der Waals surface area (Å²) in [4.78, 5) is 21.1. The molecule has 8 heteroatoms. The van der Waals surface area contributed by atoms with Gasteiger partial charge in [-0.25, -0.2) is 9.37 Å². The first kappa shape index (κ1) is 21.6. The minimum absolute atomic E-state index is 0. The Morgan fingerprint density at radius 2 is 1.93 bits per heavy atom. The fourth-order valence-electron chi connectivity index (χ4n) is 2.53. The highest BCUT2D eigenvalue weighted by Gasteiger charge is 2.21. The van der Waals surface area contributed by atoms with Crippen molar-refractivity contribution in [3.8, 4) is 0 Å². The van der Waals surface area contributed by atoms with Crippen molar-refractivity contribution in [1.82, 2.24) is 9.88 Å². The Morgan fingerprint density at radius 3 is 2.63 bits per heavy atom. The molecule has 1 amide bonds. The van der Waals surface area contributed by atoms with Gasteiger partial charge in [-0.15, -0.1) is 12.4 Å². The van der Waals surface area contributed by atoms with Gasteiger partial charge < -0.3 is 4.90 Å². The quantitative estimate of drug-likeness (QED) is 0.574. The topological polar surface area (TPSA) is 36.4 Å². The molecular formula is C19H20Cl2FN3OS. The van der Waals surface area contributed by atoms with Crippen LogP contribution < -0.4 is 4.90 Å². The van der Waals surface area contributed by atoms with Crippen LogP contribution in [0.25, 0.3) is 10.2 Å². The van der Waals surface area contributed by atoms with Crippen molar-refractivity contribution in [3.05, 3.63) is 58.9 Å². The molecule has 2 aromatic carbocycles. The van der Waals surface area contributed by atoms with Crippen LogP contribution in [0.3, 0.4) is 0 Å². The third-order valence-electron chi connectivity index (χ3n) is 3.94. The van der Waals surface area contributed by atoms with Crippen molar-refractivity contribution < 1.29 is 9.18 Å². The van der Waals surface area contributed by atoms with Gasteiger partial charge in [0.15, 0.2) is 5.13 Å². The minimum atomic E-state index is -0.310. The van der Waals surface area contributed by atoms with Crippen molar-refractivity contribution >= 4 is 56.6 Å². The summed E-state index contributed by atoms with van der Waals surface area (Å²) >= 11 is 7.51. The zero-order valence-electron chi connectivity index (χ0n) is 15.0. The Labute approximate surface area is 173 Å². The number of likely N-dealkylation sites (N-methyl/N-ethyl adjacent to an activating group) is 1. The lowest BCUT2D eigenvalue weighted by molar-refractivity contribution is -0.118. The molecule has 0 aliphatic rings. The highest BCUT2D eigenvalue weighted by atomic mass is 35.5. The second kappa shape index (κ2) is 9.46. The Bertz CT molecular complexity index is 932. The van der Waals surface area contributed by atoms with Crippen LogP contribution >= 0.6 is 35.3 Å². The highest BCUT2D eigenvalue weighted by molar-refractivity contribution is 7.22. The van der Waals surface area contributed by atoms with Crippen LogP contribution in [0.1, 0.15) is 5.56 Å². The van der Waals surface area contributed by atoms with Crippen LogP contribution in [0.5, 0.6) is 0 Å². The molecule has 0 aliphatic carbocycles. The van der Waals surface area contributed by atoms with E-state index in [1.54, 1.807) is 17.0 Å². The molecule has 3 aromatic rings. The normalized spacial score (nSPS) is 10.9. The van der Waals surface area contributed by atoms with E-state index >= 15 is 0 Å². The smallest absolute Gasteiger partial charge is 0.233 e. The van der Waals surface area contributed by atoms with Gasteiger partial charge >= 0.3 is 0 Å². The van der Waals surface area contributed by atoms with E-state index in [0.29, 0.717) is 28.8 Å². The van der Waals surface area contributed by atoms with Crippen molar-refractivity contribution in [2.24, 2.45) is 0 Å². The van der Waals surface area contributed by atoms with Crippen molar-refractivity contribution in [1.29, 1.82) is 0 Å². The molecule has 4 nitrogen and oxygen atoms in total. The second-order valence-corrected chi connectivity index (χ2v) is 7.64. The van der Waals surface area contributed by atoms with Gasteiger partial charge in [0.25, 0.3) is 0 Å². The van der Waals surface area contributed by atoms with Gasteiger partial charge in [-0.05, 0) is 43.9 Å². The second-order valence-electron chi connectivity index (χ2n) is 6.23. The molecule has 0 spiro atoms. The maximum absolute atomic E-state index is 13.5. The molecule has 0 bridgehead atoms. The number of halogens is 3. The van der Waals surface area contributed by atoms with E-state index in [9.17, 15) is 9.18 Å². The van der Waals surface area contributed by atoms with Crippen LogP contribution in [0.4, 0.5) is 9.52 Å². The standard InChI is InChI=1S/C19H19ClFN3OS.ClH/c1-23(2)9-10-24(18(25)11-13-5-3-4-6-15(13)20)19-22-16-8-7-14(21)12-17(16)26-19;/h3-8,12H,9-11H2,1-2H3;1H. The van der Waals surface area contributed by atoms with Crippen LogP contribution in [0.15, 0.2) is 42.5 Å². The fourth-order valence-corrected chi connectivity index (χ4v) is 3.77. The van der Waals surface area contributed by atoms with E-state index in [4.69, 9.17) is 11.6 Å². The largest absolute Gasteiger partial charge is 0.308 e. The molecule has 0 atom stereocenters. The molecule has 0 N–H and O–H groups in total. The lowest BCUT2D eigenvalue weighted by Crippen LogP contribution is -2.37. The van der Waals surface area contributed by atoms with Gasteiger partial charge in [-0.1, -0.05) is 41.1 Å². The molecule has 1 heterocycles. The van der Waals surface area contributed by atoms with Crippen LogP contribution in [0, 0.1) is 5.82 Å². The molecule has 0 fully saturated rings. The van der Waals surface area contributed by atoms with E-state index in [0.717, 1.165) is 10.3 Å². The van der Waals surface area contributed by atoms with E-state index < -0.39 is 0 Å². The summed E-state index contributed by atoms with van der Waals surface area (Å²) in [6, 6.07) is 11.8. The third kappa shape index (κ3) is 5.39. The molecule has 0 saturated carbocycles. The summed E-state index contributed by atoms with van der Waals surface area (Å²) in [6.45, 7) is 1.19. The monoisotopic (exact) mass is 427 g/mol. The summed E-state index contributed by atoms with van der Waals surface area (Å²) in [5, 5.41) is 1.14. The van der Waals surface area contributed by atoms with Gasteiger partial charge in [0.2, 0.25) is 5.91 Å². The van der Waals surface area contributed by atoms with Crippen molar-refractivity contribution in [3.63, 3.8) is 0 Å². The van der Waals surface area contributed by atoms with Crippen molar-refractivity contribution in [2.75, 3.05) is 32.1 Å². The van der Waals surface area contributed by atoms with Crippen LogP contribution in [0.2, 0.25) is 5.02 Å². The molecule has 27 heavy (non-hydrogen) atoms. The Morgan fingerprint density at radius 1 is 1.19 bits per heavy atom. The first-order valence-electron chi connectivity index (χ1n) is 8.18. The van der Waals surface area contributed by atoms with Crippen LogP contribution in [-0.2, 0) is 11.2 Å². The maximum Gasteiger partial charge on any atom is 0.233 e. The van der Waals surface area contributed by atoms with E-state index in [1.807, 2.05) is 37.2 Å². The van der Waals surface area contributed by atoms with Gasteiger partial charge in [0, 0.05) is 18.1 Å². The predicted octanol–water partition coefficient (Wildman–Crippen LogP) is 4.65. The Hall–Kier alpha value is -1.73. The molecule has 144 valence electrons. The van der Waals surface area contributed by atoms with Crippen LogP contribution in [-0.4, -0.2) is 43.0 Å². The number of thiazole rings is 1. The minimum Gasteiger partial charge on any atom is -0.308 e. The molecule has 0 aliphatic heterocycles. The Balaban J connectivity index is 0.00000261. The number of hydrogen-bond donors (Lipinski definition) is 0. The predicted molar refractivity (Wildman–Crippen MR) is 113 cm³/mol. The molecule has 0 unspecified atom stereocenters. The third-order valence-corrected chi connectivity index (χ3v) is 5.35. The number of amides is 1. The average molecular weight is 428 g/mol. The average Bonchev–Trinajstić information content (AvgIpc) is 2.99. The number of fused-ring (bicyclic) bond motifs is 1. The first-order chi connectivity index (χ1) is 12.4. The summed E-state index contributed by atoms with van der Waals surface area (Å²) in [5.41, 5.74) is 1.47. The molecule has 3 rings (SSSR count). The lowest BCUT2D eigenvalue weighted by Gasteiger charge is -2.22. The number of carbonyl (C=O) groups excluding carboxylic acids is 1. The summed E-state index contributed by atoms with van der Waals surface area (Å²) < 4.78 is 14.2. The van der Waals surface area contributed by atoms with E-state index in [-0.39, 0.29) is 30.6 Å². The number of nitrogens with zero attached hydrogens (tertiary/aromatic N) is 3. The number of benzene rings is 2. The zero-order chi connectivity index (χ0) is 18.7. The highest BCUT2D eigenvalue weighted by Crippen LogP contribution is 2.30. The maximum atomic E-state index is 13.5. The summed E-state index contributed by atoms with van der Waals surface area (Å²) in [6.07, 6.45) is 0.192. The molecular weight excluding hydrogens is 408 g/mol. The number of hydrogen-bond acceptors (Lipinski definition) is 4. The van der Waals surface area contributed by atoms with Crippen molar-refractivity contribution in [2.45, 2.75) is 6.42 Å². The first-order valence-corrected chi connectivity index (χ1v) is 9.38. The molecule has 1 aromatic heterocycles. The lowest BCUT2D eigenvalue weighted by atomic mass is 10.1. The van der Waals surface area contributed by atoms with E-state index in [1.165, 1.54) is 23.5 Å². The molecule has 0 saturated heterocycles. The van der Waals surface area contributed by atoms with Gasteiger partial charge in [-0.3, -0.25) is 9.69 Å². The summed E-state index contributed by atoms with van der Waals surface area (Å²) in [7, 11) is 3.90. The summed E-state index contributed by atoms with van der Waals surface area (Å²) in [5.74, 6) is -0.394. The number of aromatic nitrogens is 1. The Kier molecular flexibility index (Phi) is 7.56. The van der Waals surface area contributed by atoms with Gasteiger partial charge in [0.05, 0.1) is 16.6 Å².